The molecule has 4 aromatic heterocycles. The summed E-state index contributed by atoms with van der Waals surface area (Å²) in [5, 5.41) is 9.22. The molecule has 0 aliphatic carbocycles. The van der Waals surface area contributed by atoms with Gasteiger partial charge in [0.1, 0.15) is 28.6 Å². The fourth-order valence-electron chi connectivity index (χ4n) is 3.15. The highest BCUT2D eigenvalue weighted by molar-refractivity contribution is 7.17. The first kappa shape index (κ1) is 21.3. The van der Waals surface area contributed by atoms with E-state index in [1.54, 1.807) is 42.6 Å². The summed E-state index contributed by atoms with van der Waals surface area (Å²) >= 11 is 1.09. The van der Waals surface area contributed by atoms with E-state index in [9.17, 15) is 9.59 Å². The Labute approximate surface area is 195 Å². The Kier molecular flexibility index (Phi) is 5.47. The molecule has 0 spiro atoms. The third-order valence-corrected chi connectivity index (χ3v) is 5.85. The molecule has 0 atom stereocenters. The minimum Gasteiger partial charge on any atom is -0.497 e. The molecule has 0 bridgehead atoms. The maximum absolute atomic E-state index is 12.5. The van der Waals surface area contributed by atoms with Gasteiger partial charge in [0.15, 0.2) is 10.6 Å². The van der Waals surface area contributed by atoms with Crippen LogP contribution in [0.4, 0.5) is 0 Å². The van der Waals surface area contributed by atoms with Gasteiger partial charge in [0.2, 0.25) is 5.88 Å². The number of methoxy groups -OCH3 is 1. The average Bonchev–Trinajstić information content (AvgIpc) is 3.50. The second-order valence-corrected chi connectivity index (χ2v) is 8.00. The lowest BCUT2D eigenvalue weighted by molar-refractivity contribution is 0.0999. The summed E-state index contributed by atoms with van der Waals surface area (Å²) in [6.45, 7) is -0.0538. The standard InChI is InChI=1S/C22H16N6O5S/c1-31-14-6-5-12-8-16(22(30)33-17(12)9-14)28-10-13(26-27-28)11-32-20-18(19(23)29)34-21(25-20)15-4-2-3-7-24-15/h2-10H,11H2,1H3,(H2,23,29). The first-order chi connectivity index (χ1) is 16.5. The quantitative estimate of drug-likeness (QED) is 0.350. The van der Waals surface area contributed by atoms with Crippen LogP contribution in [0.2, 0.25) is 0 Å². The maximum Gasteiger partial charge on any atom is 0.362 e. The SMILES string of the molecule is COc1ccc2cc(-n3cc(COc4nc(-c5ccccn5)sc4C(N)=O)nn3)c(=O)oc2c1. The number of benzene rings is 1. The zero-order chi connectivity index (χ0) is 23.7. The Morgan fingerprint density at radius 3 is 2.88 bits per heavy atom. The molecule has 170 valence electrons. The van der Waals surface area contributed by atoms with E-state index < -0.39 is 11.5 Å². The van der Waals surface area contributed by atoms with Crippen LogP contribution in [0.1, 0.15) is 15.4 Å². The number of hydrogen-bond acceptors (Lipinski definition) is 10. The van der Waals surface area contributed by atoms with E-state index in [2.05, 4.69) is 20.3 Å². The molecule has 0 radical (unpaired) electrons. The van der Waals surface area contributed by atoms with Crippen molar-refractivity contribution >= 4 is 28.2 Å². The van der Waals surface area contributed by atoms with Crippen molar-refractivity contribution in [2.24, 2.45) is 5.73 Å². The summed E-state index contributed by atoms with van der Waals surface area (Å²) in [7, 11) is 1.53. The van der Waals surface area contributed by atoms with Crippen LogP contribution in [0, 0.1) is 0 Å². The molecule has 0 unspecified atom stereocenters. The number of primary amides is 1. The van der Waals surface area contributed by atoms with Gasteiger partial charge in [-0.15, -0.1) is 16.4 Å². The summed E-state index contributed by atoms with van der Waals surface area (Å²) in [6, 6.07) is 12.2. The van der Waals surface area contributed by atoms with E-state index in [4.69, 9.17) is 19.6 Å². The lowest BCUT2D eigenvalue weighted by Crippen LogP contribution is -2.11. The molecule has 4 heterocycles. The number of nitrogens with two attached hydrogens (primary N) is 1. The monoisotopic (exact) mass is 476 g/mol. The fraction of sp³-hybridized carbons (Fsp3) is 0.0909. The van der Waals surface area contributed by atoms with Crippen molar-refractivity contribution in [2.45, 2.75) is 6.61 Å². The summed E-state index contributed by atoms with van der Waals surface area (Å²) in [4.78, 5) is 33.1. The number of aromatic nitrogens is 5. The molecule has 1 aromatic carbocycles. The van der Waals surface area contributed by atoms with Crippen LogP contribution < -0.4 is 20.8 Å². The van der Waals surface area contributed by atoms with Gasteiger partial charge >= 0.3 is 5.63 Å². The van der Waals surface area contributed by atoms with Crippen molar-refractivity contribution in [3.05, 3.63) is 75.8 Å². The van der Waals surface area contributed by atoms with Gasteiger partial charge in [-0.3, -0.25) is 9.78 Å². The molecule has 0 aliphatic heterocycles. The van der Waals surface area contributed by atoms with Crippen LogP contribution >= 0.6 is 11.3 Å². The highest BCUT2D eigenvalue weighted by Gasteiger charge is 2.20. The molecular weight excluding hydrogens is 460 g/mol. The molecule has 34 heavy (non-hydrogen) atoms. The van der Waals surface area contributed by atoms with Crippen molar-refractivity contribution in [1.82, 2.24) is 25.0 Å². The molecule has 5 rings (SSSR count). The van der Waals surface area contributed by atoms with Crippen LogP contribution in [-0.4, -0.2) is 38.0 Å². The van der Waals surface area contributed by atoms with Gasteiger partial charge in [0.25, 0.3) is 5.91 Å². The van der Waals surface area contributed by atoms with E-state index in [0.717, 1.165) is 11.3 Å². The number of carbonyl (C=O) groups excluding carboxylic acids is 1. The minimum absolute atomic E-state index is 0.0538. The number of thiazole rings is 1. The van der Waals surface area contributed by atoms with Crippen molar-refractivity contribution in [2.75, 3.05) is 7.11 Å². The molecule has 12 heteroatoms. The molecule has 0 aliphatic rings. The fourth-order valence-corrected chi connectivity index (χ4v) is 3.99. The van der Waals surface area contributed by atoms with Crippen molar-refractivity contribution in [3.63, 3.8) is 0 Å². The molecule has 11 nitrogen and oxygen atoms in total. The van der Waals surface area contributed by atoms with Crippen molar-refractivity contribution < 1.29 is 18.7 Å². The highest BCUT2D eigenvalue weighted by Crippen LogP contribution is 2.31. The average molecular weight is 476 g/mol. The Balaban J connectivity index is 1.38. The summed E-state index contributed by atoms with van der Waals surface area (Å²) in [5.74, 6) is -0.0113. The predicted molar refractivity (Wildman–Crippen MR) is 122 cm³/mol. The first-order valence-electron chi connectivity index (χ1n) is 9.90. The Hall–Kier alpha value is -4.58. The second kappa shape index (κ2) is 8.75. The van der Waals surface area contributed by atoms with E-state index in [-0.39, 0.29) is 23.1 Å². The normalized spacial score (nSPS) is 11.0. The van der Waals surface area contributed by atoms with Gasteiger partial charge in [0.05, 0.1) is 19.0 Å². The predicted octanol–water partition coefficient (Wildman–Crippen LogP) is 2.58. The van der Waals surface area contributed by atoms with E-state index in [1.807, 2.05) is 6.07 Å². The van der Waals surface area contributed by atoms with Gasteiger partial charge in [-0.2, -0.15) is 4.98 Å². The Morgan fingerprint density at radius 2 is 2.12 bits per heavy atom. The third-order valence-electron chi connectivity index (χ3n) is 4.77. The summed E-state index contributed by atoms with van der Waals surface area (Å²) < 4.78 is 17.5. The number of hydrogen-bond donors (Lipinski definition) is 1. The van der Waals surface area contributed by atoms with E-state index >= 15 is 0 Å². The van der Waals surface area contributed by atoms with Gasteiger partial charge in [-0.05, 0) is 30.3 Å². The lowest BCUT2D eigenvalue weighted by atomic mass is 10.2. The molecule has 5 aromatic rings. The van der Waals surface area contributed by atoms with Crippen LogP contribution in [0.25, 0.3) is 27.4 Å². The van der Waals surface area contributed by atoms with Gasteiger partial charge < -0.3 is 19.6 Å². The zero-order valence-electron chi connectivity index (χ0n) is 17.7. The van der Waals surface area contributed by atoms with Crippen LogP contribution in [-0.2, 0) is 6.61 Å². The highest BCUT2D eigenvalue weighted by atomic mass is 32.1. The zero-order valence-corrected chi connectivity index (χ0v) is 18.5. The number of amides is 1. The number of carbonyl (C=O) groups is 1. The Bertz CT molecular complexity index is 1560. The number of fused-ring (bicyclic) bond motifs is 1. The summed E-state index contributed by atoms with van der Waals surface area (Å²) in [5.41, 5.74) is 6.46. The molecule has 2 N–H and O–H groups in total. The summed E-state index contributed by atoms with van der Waals surface area (Å²) in [6.07, 6.45) is 3.15. The minimum atomic E-state index is -0.663. The lowest BCUT2D eigenvalue weighted by Gasteiger charge is -2.03. The Morgan fingerprint density at radius 1 is 1.24 bits per heavy atom. The molecular formula is C22H16N6O5S. The largest absolute Gasteiger partial charge is 0.497 e. The number of nitrogens with zero attached hydrogens (tertiary/aromatic N) is 5. The van der Waals surface area contributed by atoms with E-state index in [1.165, 1.54) is 18.0 Å². The molecule has 0 saturated carbocycles. The van der Waals surface area contributed by atoms with Crippen LogP contribution in [0.5, 0.6) is 11.6 Å². The smallest absolute Gasteiger partial charge is 0.362 e. The third kappa shape index (κ3) is 4.09. The molecule has 0 saturated heterocycles. The second-order valence-electron chi connectivity index (χ2n) is 7.00. The number of ether oxygens (including phenoxy) is 2. The van der Waals surface area contributed by atoms with Gasteiger partial charge in [-0.25, -0.2) is 9.48 Å². The first-order valence-corrected chi connectivity index (χ1v) is 10.7. The van der Waals surface area contributed by atoms with Crippen molar-refractivity contribution in [1.29, 1.82) is 0 Å². The van der Waals surface area contributed by atoms with E-state index in [0.29, 0.717) is 33.1 Å². The molecule has 0 fully saturated rings. The topological polar surface area (TPSA) is 148 Å². The number of rotatable bonds is 7. The van der Waals surface area contributed by atoms with Gasteiger partial charge in [0, 0.05) is 17.6 Å². The van der Waals surface area contributed by atoms with Crippen LogP contribution in [0.15, 0.2) is 64.1 Å². The van der Waals surface area contributed by atoms with Gasteiger partial charge in [-0.1, -0.05) is 11.3 Å². The molecule has 1 amide bonds. The van der Waals surface area contributed by atoms with Crippen LogP contribution in [0.3, 0.4) is 0 Å². The van der Waals surface area contributed by atoms with Crippen molar-refractivity contribution in [3.8, 4) is 28.0 Å². The number of pyridine rings is 1. The maximum atomic E-state index is 12.5.